The van der Waals surface area contributed by atoms with E-state index in [9.17, 15) is 14.7 Å². The second-order valence-corrected chi connectivity index (χ2v) is 6.95. The second kappa shape index (κ2) is 9.72. The summed E-state index contributed by atoms with van der Waals surface area (Å²) in [4.78, 5) is 25.1. The number of carbonyl (C=O) groups is 2. The number of amides is 1. The van der Waals surface area contributed by atoms with Crippen molar-refractivity contribution in [1.29, 1.82) is 0 Å². The van der Waals surface area contributed by atoms with Crippen molar-refractivity contribution in [1.82, 2.24) is 5.32 Å². The molecule has 2 atom stereocenters. The van der Waals surface area contributed by atoms with Gasteiger partial charge in [0.1, 0.15) is 6.04 Å². The molecular weight excluding hydrogens is 332 g/mol. The van der Waals surface area contributed by atoms with Gasteiger partial charge in [-0.15, -0.1) is 0 Å². The highest BCUT2D eigenvalue weighted by Crippen LogP contribution is 2.17. The minimum atomic E-state index is -1.01. The molecule has 2 N–H and O–H groups in total. The van der Waals surface area contributed by atoms with Crippen LogP contribution in [-0.2, 0) is 15.3 Å². The van der Waals surface area contributed by atoms with Crippen molar-refractivity contribution in [3.63, 3.8) is 0 Å². The molecule has 0 fully saturated rings. The topological polar surface area (TPSA) is 69.6 Å². The normalized spacial score (nSPS) is 13.2. The van der Waals surface area contributed by atoms with Gasteiger partial charge in [0.2, 0.25) is 5.91 Å². The van der Waals surface area contributed by atoms with Gasteiger partial charge in [0, 0.05) is 43.0 Å². The number of carboxylic acids is 1. The molecule has 0 aliphatic heterocycles. The minimum absolute atomic E-state index is 0.275. The number of hydrogen-bond donors (Lipinski definition) is 3. The van der Waals surface area contributed by atoms with Crippen molar-refractivity contribution in [3.8, 4) is 0 Å². The molecule has 128 valence electrons. The molecular formula is C16H24N2O3S2. The van der Waals surface area contributed by atoms with E-state index < -0.39 is 12.0 Å². The van der Waals surface area contributed by atoms with E-state index in [-0.39, 0.29) is 11.8 Å². The zero-order chi connectivity index (χ0) is 17.4. The van der Waals surface area contributed by atoms with Crippen LogP contribution in [0.25, 0.3) is 0 Å². The number of anilines is 1. The van der Waals surface area contributed by atoms with E-state index in [0.29, 0.717) is 17.3 Å². The summed E-state index contributed by atoms with van der Waals surface area (Å²) in [5.74, 6) is -0.165. The standard InChI is InChI=1S/C16H24N2O3S2/c1-11(8-22)15(19)17-14(16(20)21)10-23-9-12-4-6-13(7-5-12)18(2)3/h4-7,11,14,22H,8-10H2,1-3H3,(H,17,19)(H,20,21)/t11-,14+/m1/s1. The molecule has 0 aliphatic rings. The van der Waals surface area contributed by atoms with E-state index in [2.05, 4.69) is 17.9 Å². The fraction of sp³-hybridized carbons (Fsp3) is 0.500. The Morgan fingerprint density at radius 3 is 2.39 bits per heavy atom. The third-order valence-electron chi connectivity index (χ3n) is 3.34. The molecule has 1 aromatic rings. The molecule has 0 aliphatic carbocycles. The summed E-state index contributed by atoms with van der Waals surface area (Å²) < 4.78 is 0. The SMILES string of the molecule is C[C@H](CS)C(=O)N[C@@H](CSCc1ccc(N(C)C)cc1)C(=O)O. The number of carbonyl (C=O) groups excluding carboxylic acids is 1. The number of benzene rings is 1. The van der Waals surface area contributed by atoms with Crippen molar-refractivity contribution < 1.29 is 14.7 Å². The van der Waals surface area contributed by atoms with Gasteiger partial charge in [0.05, 0.1) is 0 Å². The van der Waals surface area contributed by atoms with Crippen LogP contribution >= 0.6 is 24.4 Å². The summed E-state index contributed by atoms with van der Waals surface area (Å²) in [7, 11) is 3.96. The average Bonchev–Trinajstić information content (AvgIpc) is 2.53. The van der Waals surface area contributed by atoms with Crippen LogP contribution in [0.2, 0.25) is 0 Å². The number of thioether (sulfide) groups is 1. The Labute approximate surface area is 147 Å². The molecule has 0 spiro atoms. The van der Waals surface area contributed by atoms with Crippen LogP contribution in [0.3, 0.4) is 0 Å². The third-order valence-corrected chi connectivity index (χ3v) is 5.00. The lowest BCUT2D eigenvalue weighted by Crippen LogP contribution is -2.45. The Bertz CT molecular complexity index is 521. The number of rotatable bonds is 9. The molecule has 0 bridgehead atoms. The highest BCUT2D eigenvalue weighted by molar-refractivity contribution is 7.98. The maximum Gasteiger partial charge on any atom is 0.327 e. The van der Waals surface area contributed by atoms with E-state index in [1.165, 1.54) is 11.8 Å². The Balaban J connectivity index is 2.49. The fourth-order valence-electron chi connectivity index (χ4n) is 1.76. The fourth-order valence-corrected chi connectivity index (χ4v) is 2.93. The predicted molar refractivity (Wildman–Crippen MR) is 99.5 cm³/mol. The molecule has 0 radical (unpaired) electrons. The van der Waals surface area contributed by atoms with Crippen LogP contribution in [-0.4, -0.2) is 48.6 Å². The van der Waals surface area contributed by atoms with Gasteiger partial charge >= 0.3 is 5.97 Å². The van der Waals surface area contributed by atoms with Gasteiger partial charge in [-0.3, -0.25) is 4.79 Å². The van der Waals surface area contributed by atoms with Crippen molar-refractivity contribution in [2.75, 3.05) is 30.5 Å². The van der Waals surface area contributed by atoms with E-state index in [1.54, 1.807) is 6.92 Å². The summed E-state index contributed by atoms with van der Waals surface area (Å²) in [6.07, 6.45) is 0. The molecule has 1 rings (SSSR count). The summed E-state index contributed by atoms with van der Waals surface area (Å²) in [5.41, 5.74) is 2.25. The smallest absolute Gasteiger partial charge is 0.327 e. The maximum atomic E-state index is 11.8. The van der Waals surface area contributed by atoms with Gasteiger partial charge in [0.15, 0.2) is 0 Å². The minimum Gasteiger partial charge on any atom is -0.480 e. The average molecular weight is 357 g/mol. The molecule has 7 heteroatoms. The first-order chi connectivity index (χ1) is 10.8. The van der Waals surface area contributed by atoms with Gasteiger partial charge < -0.3 is 15.3 Å². The van der Waals surface area contributed by atoms with Crippen LogP contribution in [0.15, 0.2) is 24.3 Å². The lowest BCUT2D eigenvalue weighted by Gasteiger charge is -2.17. The Kier molecular flexibility index (Phi) is 8.33. The van der Waals surface area contributed by atoms with Crippen LogP contribution in [0.5, 0.6) is 0 Å². The molecule has 23 heavy (non-hydrogen) atoms. The number of thiol groups is 1. The van der Waals surface area contributed by atoms with Crippen LogP contribution in [0.4, 0.5) is 5.69 Å². The number of nitrogens with zero attached hydrogens (tertiary/aromatic N) is 1. The third kappa shape index (κ3) is 6.74. The highest BCUT2D eigenvalue weighted by atomic mass is 32.2. The summed E-state index contributed by atoms with van der Waals surface area (Å²) in [5, 5.41) is 11.8. The lowest BCUT2D eigenvalue weighted by molar-refractivity contribution is -0.141. The Morgan fingerprint density at radius 2 is 1.91 bits per heavy atom. The second-order valence-electron chi connectivity index (χ2n) is 5.56. The van der Waals surface area contributed by atoms with Gasteiger partial charge in [-0.2, -0.15) is 24.4 Å². The number of aliphatic carboxylic acids is 1. The summed E-state index contributed by atoms with van der Waals surface area (Å²) in [6.45, 7) is 1.72. The van der Waals surface area contributed by atoms with Gasteiger partial charge in [0.25, 0.3) is 0 Å². The van der Waals surface area contributed by atoms with Crippen molar-refractivity contribution in [3.05, 3.63) is 29.8 Å². The molecule has 0 saturated heterocycles. The zero-order valence-corrected chi connectivity index (χ0v) is 15.4. The van der Waals surface area contributed by atoms with Gasteiger partial charge in [-0.1, -0.05) is 19.1 Å². The molecule has 5 nitrogen and oxygen atoms in total. The largest absolute Gasteiger partial charge is 0.480 e. The summed E-state index contributed by atoms with van der Waals surface area (Å²) in [6, 6.07) is 7.23. The maximum absolute atomic E-state index is 11.8. The number of carboxylic acid groups (broad SMARTS) is 1. The monoisotopic (exact) mass is 356 g/mol. The first-order valence-corrected chi connectivity index (χ1v) is 9.12. The van der Waals surface area contributed by atoms with Crippen molar-refractivity contribution in [2.45, 2.75) is 18.7 Å². The number of hydrogen-bond acceptors (Lipinski definition) is 5. The molecule has 0 aromatic heterocycles. The molecule has 0 unspecified atom stereocenters. The molecule has 1 amide bonds. The first-order valence-electron chi connectivity index (χ1n) is 7.33. The Hall–Kier alpha value is -1.34. The molecule has 1 aromatic carbocycles. The van der Waals surface area contributed by atoms with Crippen molar-refractivity contribution in [2.24, 2.45) is 5.92 Å². The highest BCUT2D eigenvalue weighted by Gasteiger charge is 2.22. The number of nitrogens with one attached hydrogen (secondary N) is 1. The molecule has 0 heterocycles. The summed E-state index contributed by atoms with van der Waals surface area (Å²) >= 11 is 5.54. The first kappa shape index (κ1) is 19.7. The quantitative estimate of drug-likeness (QED) is 0.591. The zero-order valence-electron chi connectivity index (χ0n) is 13.7. The van der Waals surface area contributed by atoms with E-state index in [4.69, 9.17) is 0 Å². The van der Waals surface area contributed by atoms with E-state index in [1.807, 2.05) is 43.3 Å². The molecule has 0 saturated carbocycles. The predicted octanol–water partition coefficient (Wildman–Crippen LogP) is 2.12. The van der Waals surface area contributed by atoms with E-state index in [0.717, 1.165) is 11.3 Å². The lowest BCUT2D eigenvalue weighted by atomic mass is 10.2. The van der Waals surface area contributed by atoms with Crippen LogP contribution in [0, 0.1) is 5.92 Å². The van der Waals surface area contributed by atoms with Gasteiger partial charge in [-0.05, 0) is 17.7 Å². The Morgan fingerprint density at radius 1 is 1.30 bits per heavy atom. The van der Waals surface area contributed by atoms with Crippen LogP contribution in [0.1, 0.15) is 12.5 Å². The van der Waals surface area contributed by atoms with Crippen molar-refractivity contribution >= 4 is 42.0 Å². The van der Waals surface area contributed by atoms with E-state index >= 15 is 0 Å². The van der Waals surface area contributed by atoms with Crippen LogP contribution < -0.4 is 10.2 Å². The van der Waals surface area contributed by atoms with Gasteiger partial charge in [-0.25, -0.2) is 4.79 Å².